The van der Waals surface area contributed by atoms with E-state index in [-0.39, 0.29) is 11.9 Å². The van der Waals surface area contributed by atoms with Crippen LogP contribution in [0.5, 0.6) is 0 Å². The summed E-state index contributed by atoms with van der Waals surface area (Å²) in [5.41, 5.74) is 4.11. The van der Waals surface area contributed by atoms with Crippen LogP contribution in [0.2, 0.25) is 5.02 Å². The maximum atomic E-state index is 13.1. The molecule has 0 saturated carbocycles. The van der Waals surface area contributed by atoms with Crippen LogP contribution in [0.1, 0.15) is 36.6 Å². The number of aliphatic imine (C=N–C) groups is 1. The first-order valence-corrected chi connectivity index (χ1v) is 10.4. The average Bonchev–Trinajstić information content (AvgIpc) is 2.97. The molecule has 2 aromatic rings. The molecule has 1 atom stereocenters. The van der Waals surface area contributed by atoms with E-state index in [4.69, 9.17) is 21.3 Å². The molecule has 3 rings (SSSR count). The lowest BCUT2D eigenvalue weighted by molar-refractivity contribution is -0.143. The monoisotopic (exact) mass is 430 g/mol. The largest absolute Gasteiger partial charge is 0.466 e. The fourth-order valence-electron chi connectivity index (χ4n) is 3.50. The van der Waals surface area contributed by atoms with Crippen LogP contribution in [-0.4, -0.2) is 48.5 Å². The van der Waals surface area contributed by atoms with Crippen molar-refractivity contribution >= 4 is 34.9 Å². The normalized spacial score (nSPS) is 16.2. The number of hydrogen-bond acceptors (Lipinski definition) is 5. The van der Waals surface area contributed by atoms with Gasteiger partial charge in [0.15, 0.2) is 6.17 Å². The minimum absolute atomic E-state index is 0.167. The van der Waals surface area contributed by atoms with Crippen LogP contribution in [0.4, 0.5) is 5.69 Å². The summed E-state index contributed by atoms with van der Waals surface area (Å²) in [7, 11) is 3.69. The molecule has 8 heteroatoms. The molecular formula is C22H27ClN4O3. The van der Waals surface area contributed by atoms with E-state index in [1.807, 2.05) is 49.0 Å². The van der Waals surface area contributed by atoms with Gasteiger partial charge >= 0.3 is 5.97 Å². The molecule has 1 N–H and O–H groups in total. The number of esters is 1. The van der Waals surface area contributed by atoms with Gasteiger partial charge in [-0.3, -0.25) is 19.9 Å². The lowest BCUT2D eigenvalue weighted by atomic mass is 10.0. The topological polar surface area (TPSA) is 75.9 Å². The highest BCUT2D eigenvalue weighted by Crippen LogP contribution is 2.33. The zero-order chi connectivity index (χ0) is 21.8. The van der Waals surface area contributed by atoms with E-state index < -0.39 is 6.17 Å². The number of amides is 1. The molecule has 0 bridgehead atoms. The molecule has 1 amide bonds. The van der Waals surface area contributed by atoms with E-state index in [1.54, 1.807) is 18.9 Å². The second kappa shape index (κ2) is 9.45. The van der Waals surface area contributed by atoms with Crippen molar-refractivity contribution in [2.75, 3.05) is 25.1 Å². The van der Waals surface area contributed by atoms with Gasteiger partial charge < -0.3 is 14.2 Å². The van der Waals surface area contributed by atoms with E-state index in [0.29, 0.717) is 36.7 Å². The number of ether oxygens (including phenoxy) is 1. The lowest BCUT2D eigenvalue weighted by Crippen LogP contribution is -2.44. The van der Waals surface area contributed by atoms with Gasteiger partial charge in [0.05, 0.1) is 18.0 Å². The second-order valence-electron chi connectivity index (χ2n) is 7.21. The number of carbonyl (C=O) groups is 2. The number of hydrogen-bond donors (Lipinski definition) is 1. The summed E-state index contributed by atoms with van der Waals surface area (Å²) < 4.78 is 6.93. The van der Waals surface area contributed by atoms with Crippen LogP contribution >= 0.6 is 11.6 Å². The third-order valence-corrected chi connectivity index (χ3v) is 5.54. The third-order valence-electron chi connectivity index (χ3n) is 5.21. The van der Waals surface area contributed by atoms with E-state index in [0.717, 1.165) is 22.5 Å². The number of anilines is 1. The zero-order valence-corrected chi connectivity index (χ0v) is 18.5. The SMILES string of the molecule is CCOC(=O)CCCNC1N=C(c2ccccc2Cl)c2c(cn(C)c2C)N(C)C1=O. The lowest BCUT2D eigenvalue weighted by Gasteiger charge is -2.19. The maximum absolute atomic E-state index is 13.1. The summed E-state index contributed by atoms with van der Waals surface area (Å²) >= 11 is 6.49. The van der Waals surface area contributed by atoms with Gasteiger partial charge in [-0.05, 0) is 32.9 Å². The number of nitrogens with zero attached hydrogens (tertiary/aromatic N) is 3. The van der Waals surface area contributed by atoms with E-state index in [1.165, 1.54) is 0 Å². The number of fused-ring (bicyclic) bond motifs is 1. The molecule has 1 aliphatic heterocycles. The quantitative estimate of drug-likeness (QED) is 0.541. The van der Waals surface area contributed by atoms with E-state index in [2.05, 4.69) is 5.32 Å². The van der Waals surface area contributed by atoms with Crippen molar-refractivity contribution < 1.29 is 14.3 Å². The van der Waals surface area contributed by atoms with Gasteiger partial charge in [0, 0.05) is 48.6 Å². The summed E-state index contributed by atoms with van der Waals surface area (Å²) in [5, 5.41) is 3.75. The zero-order valence-electron chi connectivity index (χ0n) is 17.7. The number of rotatable bonds is 7. The molecule has 1 aromatic carbocycles. The third kappa shape index (κ3) is 4.42. The summed E-state index contributed by atoms with van der Waals surface area (Å²) in [6.45, 7) is 4.60. The number of nitrogens with one attached hydrogen (secondary N) is 1. The molecule has 1 aromatic heterocycles. The summed E-state index contributed by atoms with van der Waals surface area (Å²) in [6, 6.07) is 7.49. The number of benzene rings is 1. The minimum Gasteiger partial charge on any atom is -0.466 e. The Kier molecular flexibility index (Phi) is 6.95. The first-order valence-electron chi connectivity index (χ1n) is 10.0. The first-order chi connectivity index (χ1) is 14.3. The van der Waals surface area contributed by atoms with Crippen LogP contribution in [0.3, 0.4) is 0 Å². The van der Waals surface area contributed by atoms with Gasteiger partial charge in [-0.15, -0.1) is 0 Å². The van der Waals surface area contributed by atoms with Crippen LogP contribution in [0.25, 0.3) is 0 Å². The standard InChI is InChI=1S/C22H27ClN4O3/c1-5-30-18(28)11-8-12-24-21-22(29)27(4)17-13-26(3)14(2)19(17)20(25-21)15-9-6-7-10-16(15)23/h6-7,9-10,13,21,24H,5,8,11-12H2,1-4H3. The molecule has 1 unspecified atom stereocenters. The van der Waals surface area contributed by atoms with Crippen molar-refractivity contribution in [3.05, 3.63) is 52.3 Å². The Morgan fingerprint density at radius 3 is 2.73 bits per heavy atom. The number of carbonyl (C=O) groups excluding carboxylic acids is 2. The van der Waals surface area contributed by atoms with Gasteiger partial charge in [-0.2, -0.15) is 0 Å². The molecular weight excluding hydrogens is 404 g/mol. The Bertz CT molecular complexity index is 983. The van der Waals surface area contributed by atoms with Crippen molar-refractivity contribution in [3.8, 4) is 0 Å². The Morgan fingerprint density at radius 1 is 1.30 bits per heavy atom. The molecule has 30 heavy (non-hydrogen) atoms. The summed E-state index contributed by atoms with van der Waals surface area (Å²) in [5.74, 6) is -0.410. The second-order valence-corrected chi connectivity index (χ2v) is 7.61. The Morgan fingerprint density at radius 2 is 2.03 bits per heavy atom. The van der Waals surface area contributed by atoms with Crippen LogP contribution in [-0.2, 0) is 21.4 Å². The number of halogens is 1. The molecule has 2 heterocycles. The summed E-state index contributed by atoms with van der Waals surface area (Å²) in [6.07, 6.45) is 1.99. The molecule has 0 spiro atoms. The predicted octanol–water partition coefficient (Wildman–Crippen LogP) is 3.06. The average molecular weight is 431 g/mol. The Hall–Kier alpha value is -2.64. The highest BCUT2D eigenvalue weighted by atomic mass is 35.5. The van der Waals surface area contributed by atoms with Gasteiger partial charge in [0.2, 0.25) is 0 Å². The highest BCUT2D eigenvalue weighted by molar-refractivity contribution is 6.36. The van der Waals surface area contributed by atoms with Crippen molar-refractivity contribution in [3.63, 3.8) is 0 Å². The summed E-state index contributed by atoms with van der Waals surface area (Å²) in [4.78, 5) is 31.1. The van der Waals surface area contributed by atoms with Crippen molar-refractivity contribution in [1.82, 2.24) is 9.88 Å². The van der Waals surface area contributed by atoms with Crippen LogP contribution in [0, 0.1) is 6.92 Å². The highest BCUT2D eigenvalue weighted by Gasteiger charge is 2.32. The van der Waals surface area contributed by atoms with Crippen LogP contribution in [0.15, 0.2) is 35.5 Å². The minimum atomic E-state index is -0.777. The van der Waals surface area contributed by atoms with Gasteiger partial charge in [-0.25, -0.2) is 0 Å². The van der Waals surface area contributed by atoms with E-state index >= 15 is 0 Å². The maximum Gasteiger partial charge on any atom is 0.305 e. The van der Waals surface area contributed by atoms with Gasteiger partial charge in [0.1, 0.15) is 0 Å². The number of aromatic nitrogens is 1. The van der Waals surface area contributed by atoms with E-state index in [9.17, 15) is 9.59 Å². The fourth-order valence-corrected chi connectivity index (χ4v) is 3.72. The smallest absolute Gasteiger partial charge is 0.305 e. The molecule has 0 radical (unpaired) electrons. The molecule has 1 aliphatic rings. The molecule has 0 saturated heterocycles. The Labute approximate surface area is 181 Å². The molecule has 0 aliphatic carbocycles. The Balaban J connectivity index is 1.95. The number of likely N-dealkylation sites (N-methyl/N-ethyl adjacent to an activating group) is 1. The first kappa shape index (κ1) is 22.1. The van der Waals surface area contributed by atoms with Crippen molar-refractivity contribution in [1.29, 1.82) is 0 Å². The van der Waals surface area contributed by atoms with Crippen molar-refractivity contribution in [2.45, 2.75) is 32.9 Å². The molecule has 7 nitrogen and oxygen atoms in total. The predicted molar refractivity (Wildman–Crippen MR) is 118 cm³/mol. The van der Waals surface area contributed by atoms with Crippen molar-refractivity contribution in [2.24, 2.45) is 12.0 Å². The fraction of sp³-hybridized carbons (Fsp3) is 0.409. The molecule has 160 valence electrons. The molecule has 0 fully saturated rings. The number of aryl methyl sites for hydroxylation is 1. The van der Waals surface area contributed by atoms with Gasteiger partial charge in [0.25, 0.3) is 5.91 Å². The van der Waals surface area contributed by atoms with Crippen LogP contribution < -0.4 is 10.2 Å². The van der Waals surface area contributed by atoms with Gasteiger partial charge in [-0.1, -0.05) is 29.8 Å².